The molecule has 0 aliphatic rings. The summed E-state index contributed by atoms with van der Waals surface area (Å²) in [6.45, 7) is 4.38. The highest BCUT2D eigenvalue weighted by Crippen LogP contribution is 2.32. The van der Waals surface area contributed by atoms with Crippen molar-refractivity contribution >= 4 is 0 Å². The highest BCUT2D eigenvalue weighted by molar-refractivity contribution is 5.46. The van der Waals surface area contributed by atoms with Crippen LogP contribution in [0.25, 0.3) is 0 Å². The van der Waals surface area contributed by atoms with Crippen LogP contribution in [0.4, 0.5) is 0 Å². The van der Waals surface area contributed by atoms with Gasteiger partial charge in [-0.05, 0) is 19.1 Å². The Hall–Kier alpha value is -1.30. The average Bonchev–Trinajstić information content (AvgIpc) is 2.45. The van der Waals surface area contributed by atoms with E-state index in [0.717, 1.165) is 23.5 Å². The maximum Gasteiger partial charge on any atom is 0.127 e. The van der Waals surface area contributed by atoms with E-state index in [-0.39, 0.29) is 6.04 Å². The number of hydrogen-bond donors (Lipinski definition) is 1. The number of nitrogens with two attached hydrogens (primary N) is 1. The van der Waals surface area contributed by atoms with Crippen molar-refractivity contribution in [1.82, 2.24) is 0 Å². The van der Waals surface area contributed by atoms with Crippen molar-refractivity contribution < 1.29 is 18.9 Å². The molecule has 5 heteroatoms. The first-order valence-electron chi connectivity index (χ1n) is 6.82. The summed E-state index contributed by atoms with van der Waals surface area (Å²) in [5.74, 6) is 1.53. The van der Waals surface area contributed by atoms with Gasteiger partial charge in [0.05, 0.1) is 32.5 Å². The summed E-state index contributed by atoms with van der Waals surface area (Å²) in [6.07, 6.45) is 0.819. The molecule has 0 radical (unpaired) electrons. The van der Waals surface area contributed by atoms with E-state index in [4.69, 9.17) is 24.7 Å². The molecule has 0 heterocycles. The monoisotopic (exact) mass is 283 g/mol. The number of rotatable bonds is 10. The number of methoxy groups -OCH3 is 2. The molecule has 0 amide bonds. The predicted octanol–water partition coefficient (Wildman–Crippen LogP) is 2.15. The van der Waals surface area contributed by atoms with Crippen LogP contribution >= 0.6 is 0 Å². The molecule has 0 aromatic heterocycles. The first kappa shape index (κ1) is 16.8. The predicted molar refractivity (Wildman–Crippen MR) is 78.4 cm³/mol. The molecular formula is C15H25NO4. The van der Waals surface area contributed by atoms with E-state index in [2.05, 4.69) is 0 Å². The van der Waals surface area contributed by atoms with Crippen LogP contribution in [0.3, 0.4) is 0 Å². The van der Waals surface area contributed by atoms with Gasteiger partial charge in [-0.25, -0.2) is 0 Å². The van der Waals surface area contributed by atoms with Crippen LogP contribution in [-0.4, -0.2) is 40.6 Å². The van der Waals surface area contributed by atoms with Crippen molar-refractivity contribution in [2.45, 2.75) is 19.4 Å². The molecule has 1 rings (SSSR count). The molecule has 20 heavy (non-hydrogen) atoms. The zero-order chi connectivity index (χ0) is 14.8. The van der Waals surface area contributed by atoms with Gasteiger partial charge in [-0.3, -0.25) is 0 Å². The fourth-order valence-corrected chi connectivity index (χ4v) is 1.86. The third kappa shape index (κ3) is 5.36. The van der Waals surface area contributed by atoms with Crippen LogP contribution in [0.1, 0.15) is 24.9 Å². The van der Waals surface area contributed by atoms with Crippen LogP contribution < -0.4 is 15.2 Å². The Balaban J connectivity index is 2.43. The van der Waals surface area contributed by atoms with Crippen molar-refractivity contribution in [1.29, 1.82) is 0 Å². The molecule has 1 aromatic carbocycles. The second-order valence-corrected chi connectivity index (χ2v) is 4.47. The van der Waals surface area contributed by atoms with Crippen LogP contribution in [-0.2, 0) is 9.47 Å². The Morgan fingerprint density at radius 2 is 1.80 bits per heavy atom. The molecule has 0 unspecified atom stereocenters. The van der Waals surface area contributed by atoms with Crippen LogP contribution in [0.5, 0.6) is 11.5 Å². The Labute approximate surface area is 121 Å². The fraction of sp³-hybridized carbons (Fsp3) is 0.600. The van der Waals surface area contributed by atoms with E-state index in [1.807, 2.05) is 25.1 Å². The SMILES string of the molecule is COCCOCCCOc1cccc(OC)c1[C@H](C)N. The topological polar surface area (TPSA) is 62.9 Å². The van der Waals surface area contributed by atoms with Gasteiger partial charge in [0.1, 0.15) is 11.5 Å². The molecule has 2 N–H and O–H groups in total. The van der Waals surface area contributed by atoms with Gasteiger partial charge in [0.25, 0.3) is 0 Å². The lowest BCUT2D eigenvalue weighted by Crippen LogP contribution is -2.11. The molecule has 5 nitrogen and oxygen atoms in total. The Morgan fingerprint density at radius 3 is 2.45 bits per heavy atom. The second kappa shape index (κ2) is 9.58. The number of hydrogen-bond acceptors (Lipinski definition) is 5. The summed E-state index contributed by atoms with van der Waals surface area (Å²) in [5, 5.41) is 0. The Morgan fingerprint density at radius 1 is 1.05 bits per heavy atom. The molecule has 1 atom stereocenters. The lowest BCUT2D eigenvalue weighted by atomic mass is 10.1. The third-order valence-corrected chi connectivity index (χ3v) is 2.82. The minimum absolute atomic E-state index is 0.140. The number of ether oxygens (including phenoxy) is 4. The van der Waals surface area contributed by atoms with E-state index in [1.54, 1.807) is 14.2 Å². The van der Waals surface area contributed by atoms with Gasteiger partial charge in [0.2, 0.25) is 0 Å². The minimum atomic E-state index is -0.140. The van der Waals surface area contributed by atoms with E-state index >= 15 is 0 Å². The molecule has 0 aliphatic heterocycles. The van der Waals surface area contributed by atoms with Gasteiger partial charge < -0.3 is 24.7 Å². The first-order valence-corrected chi connectivity index (χ1v) is 6.82. The second-order valence-electron chi connectivity index (χ2n) is 4.47. The normalized spacial score (nSPS) is 12.2. The van der Waals surface area contributed by atoms with E-state index in [1.165, 1.54) is 0 Å². The van der Waals surface area contributed by atoms with E-state index in [9.17, 15) is 0 Å². The molecule has 0 saturated carbocycles. The highest BCUT2D eigenvalue weighted by Gasteiger charge is 2.13. The summed E-state index contributed by atoms with van der Waals surface area (Å²) >= 11 is 0. The van der Waals surface area contributed by atoms with Gasteiger partial charge in [-0.2, -0.15) is 0 Å². The van der Waals surface area contributed by atoms with Gasteiger partial charge in [-0.15, -0.1) is 0 Å². The zero-order valence-electron chi connectivity index (χ0n) is 12.6. The summed E-state index contributed by atoms with van der Waals surface area (Å²) in [5.41, 5.74) is 6.88. The first-order chi connectivity index (χ1) is 9.70. The third-order valence-electron chi connectivity index (χ3n) is 2.82. The standard InChI is InChI=1S/C15H25NO4/c1-12(16)15-13(18-3)6-4-7-14(15)20-9-5-8-19-11-10-17-2/h4,6-7,12H,5,8-11,16H2,1-3H3/t12-/m0/s1. The van der Waals surface area contributed by atoms with Gasteiger partial charge in [0.15, 0.2) is 0 Å². The molecule has 1 aromatic rings. The van der Waals surface area contributed by atoms with E-state index < -0.39 is 0 Å². The molecule has 0 saturated heterocycles. The van der Waals surface area contributed by atoms with Crippen molar-refractivity contribution in [2.24, 2.45) is 5.73 Å². The van der Waals surface area contributed by atoms with Crippen molar-refractivity contribution in [2.75, 3.05) is 40.6 Å². The Kier molecular flexibility index (Phi) is 8.02. The van der Waals surface area contributed by atoms with Gasteiger partial charge in [-0.1, -0.05) is 6.07 Å². The van der Waals surface area contributed by atoms with Crippen LogP contribution in [0, 0.1) is 0 Å². The quantitative estimate of drug-likeness (QED) is 0.667. The Bertz CT molecular complexity index is 382. The number of benzene rings is 1. The smallest absolute Gasteiger partial charge is 0.127 e. The zero-order valence-corrected chi connectivity index (χ0v) is 12.6. The molecule has 114 valence electrons. The molecule has 0 spiro atoms. The summed E-state index contributed by atoms with van der Waals surface area (Å²) < 4.78 is 21.4. The highest BCUT2D eigenvalue weighted by atomic mass is 16.5. The lowest BCUT2D eigenvalue weighted by molar-refractivity contribution is 0.0643. The van der Waals surface area contributed by atoms with Gasteiger partial charge in [0, 0.05) is 26.2 Å². The van der Waals surface area contributed by atoms with Crippen molar-refractivity contribution in [3.05, 3.63) is 23.8 Å². The molecule has 0 fully saturated rings. The lowest BCUT2D eigenvalue weighted by Gasteiger charge is -2.17. The largest absolute Gasteiger partial charge is 0.496 e. The molecular weight excluding hydrogens is 258 g/mol. The van der Waals surface area contributed by atoms with Gasteiger partial charge >= 0.3 is 0 Å². The van der Waals surface area contributed by atoms with Crippen molar-refractivity contribution in [3.8, 4) is 11.5 Å². The maximum atomic E-state index is 5.98. The summed E-state index contributed by atoms with van der Waals surface area (Å²) in [7, 11) is 3.29. The minimum Gasteiger partial charge on any atom is -0.496 e. The average molecular weight is 283 g/mol. The molecule has 0 aliphatic carbocycles. The van der Waals surface area contributed by atoms with Crippen LogP contribution in [0.2, 0.25) is 0 Å². The fourth-order valence-electron chi connectivity index (χ4n) is 1.86. The van der Waals surface area contributed by atoms with E-state index in [0.29, 0.717) is 26.4 Å². The summed E-state index contributed by atoms with van der Waals surface area (Å²) in [6, 6.07) is 5.56. The van der Waals surface area contributed by atoms with Crippen LogP contribution in [0.15, 0.2) is 18.2 Å². The van der Waals surface area contributed by atoms with Crippen molar-refractivity contribution in [3.63, 3.8) is 0 Å². The summed E-state index contributed by atoms with van der Waals surface area (Å²) in [4.78, 5) is 0. The maximum absolute atomic E-state index is 5.98. The molecule has 0 bridgehead atoms.